The van der Waals surface area contributed by atoms with Crippen molar-refractivity contribution in [2.45, 2.75) is 31.7 Å². The maximum absolute atomic E-state index is 14.1. The molecule has 0 spiro atoms. The van der Waals surface area contributed by atoms with Crippen LogP contribution in [0, 0.1) is 17.1 Å². The van der Waals surface area contributed by atoms with Gasteiger partial charge in [0.25, 0.3) is 0 Å². The fourth-order valence-corrected chi connectivity index (χ4v) is 3.25. The van der Waals surface area contributed by atoms with Gasteiger partial charge in [-0.2, -0.15) is 5.26 Å². The van der Waals surface area contributed by atoms with Crippen molar-refractivity contribution in [1.82, 2.24) is 0 Å². The van der Waals surface area contributed by atoms with Crippen molar-refractivity contribution >= 4 is 5.69 Å². The molecule has 2 aromatic carbocycles. The molecule has 1 saturated heterocycles. The zero-order valence-electron chi connectivity index (χ0n) is 16.5. The van der Waals surface area contributed by atoms with Crippen molar-refractivity contribution in [1.29, 1.82) is 5.26 Å². The first-order chi connectivity index (χ1) is 14.1. The van der Waals surface area contributed by atoms with Crippen LogP contribution >= 0.6 is 0 Å². The van der Waals surface area contributed by atoms with Crippen molar-refractivity contribution in [3.05, 3.63) is 59.4 Å². The summed E-state index contributed by atoms with van der Waals surface area (Å²) >= 11 is 0. The van der Waals surface area contributed by atoms with Crippen molar-refractivity contribution < 1.29 is 18.6 Å². The highest BCUT2D eigenvalue weighted by Gasteiger charge is 2.19. The van der Waals surface area contributed by atoms with Gasteiger partial charge in [0.1, 0.15) is 0 Å². The number of anilines is 1. The summed E-state index contributed by atoms with van der Waals surface area (Å²) in [6, 6.07) is 14.4. The van der Waals surface area contributed by atoms with Gasteiger partial charge in [-0.05, 0) is 48.4 Å². The zero-order valence-corrected chi connectivity index (χ0v) is 16.5. The summed E-state index contributed by atoms with van der Waals surface area (Å²) < 4.78 is 30.3. The van der Waals surface area contributed by atoms with Gasteiger partial charge in [-0.1, -0.05) is 6.07 Å². The Morgan fingerprint density at radius 1 is 1.21 bits per heavy atom. The van der Waals surface area contributed by atoms with Crippen LogP contribution < -0.4 is 15.4 Å². The Hall–Kier alpha value is -2.66. The third-order valence-corrected chi connectivity index (χ3v) is 4.81. The highest BCUT2D eigenvalue weighted by atomic mass is 19.1. The lowest BCUT2D eigenvalue weighted by atomic mass is 10.1. The minimum Gasteiger partial charge on any atom is -0.494 e. The minimum atomic E-state index is -0.384. The van der Waals surface area contributed by atoms with Gasteiger partial charge in [-0.15, -0.1) is 0 Å². The lowest BCUT2D eigenvalue weighted by Gasteiger charge is -2.29. The second-order valence-corrected chi connectivity index (χ2v) is 7.05. The van der Waals surface area contributed by atoms with E-state index in [9.17, 15) is 4.39 Å². The molecule has 0 unspecified atom stereocenters. The smallest absolute Gasteiger partial charge is 0.165 e. The van der Waals surface area contributed by atoms with Gasteiger partial charge >= 0.3 is 0 Å². The third-order valence-electron chi connectivity index (χ3n) is 4.81. The van der Waals surface area contributed by atoms with Crippen LogP contribution in [0.1, 0.15) is 24.0 Å². The maximum atomic E-state index is 14.1. The third kappa shape index (κ3) is 5.91. The van der Waals surface area contributed by atoms with Crippen LogP contribution in [-0.4, -0.2) is 39.2 Å². The largest absolute Gasteiger partial charge is 0.494 e. The average Bonchev–Trinajstić information content (AvgIpc) is 2.74. The molecule has 0 amide bonds. The number of nitriles is 1. The minimum absolute atomic E-state index is 0.0636. The van der Waals surface area contributed by atoms with E-state index < -0.39 is 0 Å². The summed E-state index contributed by atoms with van der Waals surface area (Å²) in [7, 11) is 1.45. The molecule has 2 N–H and O–H groups in total. The summed E-state index contributed by atoms with van der Waals surface area (Å²) in [5, 5.41) is 9.03. The van der Waals surface area contributed by atoms with E-state index in [0.717, 1.165) is 30.6 Å². The standard InChI is InChI=1S/C22H26FN3O3/c1-27-21-9-6-17(11-20(21)23)13-26(19-7-4-16(12-24)5-8-19)10-2-3-22-28-14-18(25)15-29-22/h4-9,11,18,22H,2-3,10,13-15,25H2,1H3. The molecule has 1 heterocycles. The van der Waals surface area contributed by atoms with Crippen LogP contribution in [0.5, 0.6) is 5.75 Å². The lowest BCUT2D eigenvalue weighted by molar-refractivity contribution is -0.188. The molecule has 154 valence electrons. The van der Waals surface area contributed by atoms with Crippen LogP contribution in [0.3, 0.4) is 0 Å². The Kier molecular flexibility index (Phi) is 7.42. The molecule has 0 saturated carbocycles. The number of ether oxygens (including phenoxy) is 3. The maximum Gasteiger partial charge on any atom is 0.165 e. The topological polar surface area (TPSA) is 80.7 Å². The molecule has 0 aromatic heterocycles. The highest BCUT2D eigenvalue weighted by Crippen LogP contribution is 2.23. The Morgan fingerprint density at radius 2 is 1.93 bits per heavy atom. The van der Waals surface area contributed by atoms with Crippen LogP contribution in [0.25, 0.3) is 0 Å². The Morgan fingerprint density at radius 3 is 2.55 bits per heavy atom. The average molecular weight is 399 g/mol. The number of benzene rings is 2. The molecule has 0 aliphatic carbocycles. The van der Waals surface area contributed by atoms with Gasteiger partial charge in [-0.25, -0.2) is 4.39 Å². The van der Waals surface area contributed by atoms with Crippen molar-refractivity contribution in [2.24, 2.45) is 5.73 Å². The van der Waals surface area contributed by atoms with Crippen LogP contribution in [-0.2, 0) is 16.0 Å². The van der Waals surface area contributed by atoms with E-state index in [4.69, 9.17) is 25.2 Å². The second kappa shape index (κ2) is 10.2. The Balaban J connectivity index is 1.67. The molecule has 6 nitrogen and oxygen atoms in total. The van der Waals surface area contributed by atoms with Gasteiger partial charge in [-0.3, -0.25) is 0 Å². The molecule has 1 aliphatic rings. The van der Waals surface area contributed by atoms with Crippen molar-refractivity contribution in [2.75, 3.05) is 31.8 Å². The molecule has 3 rings (SSSR count). The molecule has 2 aromatic rings. The van der Waals surface area contributed by atoms with Gasteiger partial charge in [0.15, 0.2) is 17.9 Å². The van der Waals surface area contributed by atoms with Gasteiger partial charge in [0, 0.05) is 25.2 Å². The van der Waals surface area contributed by atoms with Gasteiger partial charge < -0.3 is 24.8 Å². The Labute approximate surface area is 170 Å². The number of halogens is 1. The number of hydrogen-bond acceptors (Lipinski definition) is 6. The first kappa shape index (κ1) is 21.1. The second-order valence-electron chi connectivity index (χ2n) is 7.05. The summed E-state index contributed by atoms with van der Waals surface area (Å²) in [6.45, 7) is 2.28. The van der Waals surface area contributed by atoms with Gasteiger partial charge in [0.2, 0.25) is 0 Å². The summed E-state index contributed by atoms with van der Waals surface area (Å²) in [5.41, 5.74) is 8.18. The monoisotopic (exact) mass is 399 g/mol. The quantitative estimate of drug-likeness (QED) is 0.734. The van der Waals surface area contributed by atoms with Crippen LogP contribution in [0.4, 0.5) is 10.1 Å². The number of methoxy groups -OCH3 is 1. The first-order valence-electron chi connectivity index (χ1n) is 9.65. The molecule has 1 aliphatic heterocycles. The number of nitrogens with zero attached hydrogens (tertiary/aromatic N) is 2. The van der Waals surface area contributed by atoms with Gasteiger partial charge in [0.05, 0.1) is 38.0 Å². The van der Waals surface area contributed by atoms with Crippen molar-refractivity contribution in [3.8, 4) is 11.8 Å². The summed E-state index contributed by atoms with van der Waals surface area (Å²) in [4.78, 5) is 2.15. The highest BCUT2D eigenvalue weighted by molar-refractivity contribution is 5.50. The van der Waals surface area contributed by atoms with Crippen LogP contribution in [0.2, 0.25) is 0 Å². The molecule has 0 bridgehead atoms. The molecular formula is C22H26FN3O3. The predicted molar refractivity (Wildman–Crippen MR) is 108 cm³/mol. The Bertz CT molecular complexity index is 830. The summed E-state index contributed by atoms with van der Waals surface area (Å²) in [5.74, 6) is -0.159. The van der Waals surface area contributed by atoms with E-state index in [1.807, 2.05) is 18.2 Å². The van der Waals surface area contributed by atoms with Crippen molar-refractivity contribution in [3.63, 3.8) is 0 Å². The number of hydrogen-bond donors (Lipinski definition) is 1. The first-order valence-corrected chi connectivity index (χ1v) is 9.65. The fraction of sp³-hybridized carbons (Fsp3) is 0.409. The molecule has 0 atom stereocenters. The zero-order chi connectivity index (χ0) is 20.6. The molecule has 29 heavy (non-hydrogen) atoms. The molecule has 7 heteroatoms. The molecular weight excluding hydrogens is 373 g/mol. The molecule has 1 fully saturated rings. The predicted octanol–water partition coefficient (Wildman–Crippen LogP) is 3.19. The van der Waals surface area contributed by atoms with E-state index >= 15 is 0 Å². The van der Waals surface area contributed by atoms with E-state index in [1.54, 1.807) is 18.2 Å². The fourth-order valence-electron chi connectivity index (χ4n) is 3.25. The lowest BCUT2D eigenvalue weighted by Crippen LogP contribution is -2.41. The van der Waals surface area contributed by atoms with Crippen LogP contribution in [0.15, 0.2) is 42.5 Å². The SMILES string of the molecule is COc1ccc(CN(CCCC2OCC(N)CO2)c2ccc(C#N)cc2)cc1F. The number of nitrogens with two attached hydrogens (primary N) is 1. The van der Waals surface area contributed by atoms with E-state index in [1.165, 1.54) is 13.2 Å². The molecule has 0 radical (unpaired) electrons. The normalized spacial score (nSPS) is 18.8. The van der Waals surface area contributed by atoms with E-state index in [2.05, 4.69) is 11.0 Å². The summed E-state index contributed by atoms with van der Waals surface area (Å²) in [6.07, 6.45) is 1.34. The number of rotatable bonds is 8. The van der Waals surface area contributed by atoms with E-state index in [-0.39, 0.29) is 23.9 Å². The van der Waals surface area contributed by atoms with E-state index in [0.29, 0.717) is 25.3 Å².